The first kappa shape index (κ1) is 15.5. The van der Waals surface area contributed by atoms with Crippen molar-refractivity contribution in [3.63, 3.8) is 0 Å². The van der Waals surface area contributed by atoms with Crippen molar-refractivity contribution in [1.29, 1.82) is 0 Å². The van der Waals surface area contributed by atoms with Gasteiger partial charge in [-0.05, 0) is 36.2 Å². The molecular weight excluding hydrogens is 294 g/mol. The summed E-state index contributed by atoms with van der Waals surface area (Å²) in [5, 5.41) is 0.822. The van der Waals surface area contributed by atoms with E-state index in [0.717, 1.165) is 50.0 Å². The predicted molar refractivity (Wildman–Crippen MR) is 91.0 cm³/mol. The average Bonchev–Trinajstić information content (AvgIpc) is 2.52. The molecule has 2 heterocycles. The maximum atomic E-state index is 6.06. The lowest BCUT2D eigenvalue weighted by Gasteiger charge is -2.35. The fourth-order valence-corrected chi connectivity index (χ4v) is 3.14. The van der Waals surface area contributed by atoms with E-state index in [1.165, 1.54) is 11.1 Å². The molecule has 3 nitrogen and oxygen atoms in total. The summed E-state index contributed by atoms with van der Waals surface area (Å²) in [5.74, 6) is 0. The Kier molecular flexibility index (Phi) is 5.08. The van der Waals surface area contributed by atoms with E-state index in [4.69, 9.17) is 11.6 Å². The Morgan fingerprint density at radius 1 is 1.00 bits per heavy atom. The number of aromatic nitrogens is 1. The van der Waals surface area contributed by atoms with Gasteiger partial charge in [-0.15, -0.1) is 0 Å². The van der Waals surface area contributed by atoms with Crippen molar-refractivity contribution in [2.45, 2.75) is 20.0 Å². The number of halogens is 1. The Balaban J connectivity index is 1.51. The SMILES string of the molecule is Cc1ncccc1CN1CCN(Cc2cccc(Cl)c2)CC1. The van der Waals surface area contributed by atoms with Crippen LogP contribution in [0.1, 0.15) is 16.8 Å². The molecule has 0 radical (unpaired) electrons. The van der Waals surface area contributed by atoms with Crippen LogP contribution in [-0.4, -0.2) is 41.0 Å². The van der Waals surface area contributed by atoms with Gasteiger partial charge in [0.05, 0.1) is 0 Å². The highest BCUT2D eigenvalue weighted by molar-refractivity contribution is 6.30. The van der Waals surface area contributed by atoms with E-state index < -0.39 is 0 Å². The molecule has 0 bridgehead atoms. The summed E-state index contributed by atoms with van der Waals surface area (Å²) in [4.78, 5) is 9.38. The monoisotopic (exact) mass is 315 g/mol. The molecule has 0 aliphatic carbocycles. The molecule has 0 saturated carbocycles. The molecule has 1 aromatic carbocycles. The van der Waals surface area contributed by atoms with Gasteiger partial charge in [0.25, 0.3) is 0 Å². The molecule has 1 saturated heterocycles. The van der Waals surface area contributed by atoms with Crippen LogP contribution in [0.2, 0.25) is 5.02 Å². The van der Waals surface area contributed by atoms with Crippen LogP contribution in [-0.2, 0) is 13.1 Å². The lowest BCUT2D eigenvalue weighted by Crippen LogP contribution is -2.45. The third-order valence-corrected chi connectivity index (χ3v) is 4.51. The summed E-state index contributed by atoms with van der Waals surface area (Å²) in [5.41, 5.74) is 3.78. The second-order valence-electron chi connectivity index (χ2n) is 5.93. The zero-order valence-electron chi connectivity index (χ0n) is 13.0. The minimum absolute atomic E-state index is 0.822. The van der Waals surface area contributed by atoms with Crippen molar-refractivity contribution in [2.75, 3.05) is 26.2 Å². The van der Waals surface area contributed by atoms with E-state index in [9.17, 15) is 0 Å². The zero-order valence-corrected chi connectivity index (χ0v) is 13.8. The predicted octanol–water partition coefficient (Wildman–Crippen LogP) is 3.36. The zero-order chi connectivity index (χ0) is 15.4. The number of rotatable bonds is 4. The van der Waals surface area contributed by atoms with Gasteiger partial charge in [0.15, 0.2) is 0 Å². The fourth-order valence-electron chi connectivity index (χ4n) is 2.92. The van der Waals surface area contributed by atoms with Gasteiger partial charge in [0.2, 0.25) is 0 Å². The molecule has 0 amide bonds. The number of hydrogen-bond donors (Lipinski definition) is 0. The molecule has 1 aliphatic heterocycles. The summed E-state index contributed by atoms with van der Waals surface area (Å²) >= 11 is 6.06. The topological polar surface area (TPSA) is 19.4 Å². The lowest BCUT2D eigenvalue weighted by atomic mass is 10.1. The Hall–Kier alpha value is -1.42. The first-order valence-corrected chi connectivity index (χ1v) is 8.18. The number of pyridine rings is 1. The van der Waals surface area contributed by atoms with Crippen LogP contribution in [0.3, 0.4) is 0 Å². The molecule has 0 spiro atoms. The molecule has 1 aliphatic rings. The van der Waals surface area contributed by atoms with Crippen LogP contribution in [0.5, 0.6) is 0 Å². The van der Waals surface area contributed by atoms with Crippen molar-refractivity contribution in [3.05, 3.63) is 64.4 Å². The molecule has 0 atom stereocenters. The van der Waals surface area contributed by atoms with Gasteiger partial charge in [-0.3, -0.25) is 14.8 Å². The molecule has 0 unspecified atom stereocenters. The minimum atomic E-state index is 0.822. The highest BCUT2D eigenvalue weighted by atomic mass is 35.5. The van der Waals surface area contributed by atoms with E-state index >= 15 is 0 Å². The second-order valence-corrected chi connectivity index (χ2v) is 6.37. The summed E-state index contributed by atoms with van der Waals surface area (Å²) in [6.45, 7) is 8.50. The van der Waals surface area contributed by atoms with E-state index in [2.05, 4.69) is 39.9 Å². The van der Waals surface area contributed by atoms with Crippen molar-refractivity contribution in [3.8, 4) is 0 Å². The molecule has 4 heteroatoms. The second kappa shape index (κ2) is 7.23. The van der Waals surface area contributed by atoms with Crippen molar-refractivity contribution < 1.29 is 0 Å². The van der Waals surface area contributed by atoms with Gasteiger partial charge >= 0.3 is 0 Å². The largest absolute Gasteiger partial charge is 0.297 e. The maximum Gasteiger partial charge on any atom is 0.0417 e. The molecule has 2 aromatic rings. The van der Waals surface area contributed by atoms with E-state index in [0.29, 0.717) is 0 Å². The van der Waals surface area contributed by atoms with Gasteiger partial charge in [0, 0.05) is 56.2 Å². The summed E-state index contributed by atoms with van der Waals surface area (Å²) in [6.07, 6.45) is 1.86. The molecule has 3 rings (SSSR count). The Bertz CT molecular complexity index is 621. The van der Waals surface area contributed by atoms with Gasteiger partial charge in [0.1, 0.15) is 0 Å². The van der Waals surface area contributed by atoms with Crippen LogP contribution in [0.25, 0.3) is 0 Å². The smallest absolute Gasteiger partial charge is 0.0417 e. The third-order valence-electron chi connectivity index (χ3n) is 4.27. The van der Waals surface area contributed by atoms with Gasteiger partial charge in [-0.2, -0.15) is 0 Å². The van der Waals surface area contributed by atoms with Crippen LogP contribution in [0, 0.1) is 6.92 Å². The van der Waals surface area contributed by atoms with Crippen LogP contribution >= 0.6 is 11.6 Å². The van der Waals surface area contributed by atoms with Crippen molar-refractivity contribution in [1.82, 2.24) is 14.8 Å². The quantitative estimate of drug-likeness (QED) is 0.862. The first-order chi connectivity index (χ1) is 10.7. The molecule has 116 valence electrons. The first-order valence-electron chi connectivity index (χ1n) is 7.80. The highest BCUT2D eigenvalue weighted by Gasteiger charge is 2.17. The minimum Gasteiger partial charge on any atom is -0.297 e. The van der Waals surface area contributed by atoms with Crippen LogP contribution in [0.15, 0.2) is 42.6 Å². The maximum absolute atomic E-state index is 6.06. The highest BCUT2D eigenvalue weighted by Crippen LogP contribution is 2.15. The van der Waals surface area contributed by atoms with Crippen molar-refractivity contribution >= 4 is 11.6 Å². The molecular formula is C18H22ClN3. The van der Waals surface area contributed by atoms with Gasteiger partial charge in [-0.1, -0.05) is 29.8 Å². The number of benzene rings is 1. The van der Waals surface area contributed by atoms with E-state index in [1.54, 1.807) is 0 Å². The van der Waals surface area contributed by atoms with Crippen molar-refractivity contribution in [2.24, 2.45) is 0 Å². The number of nitrogens with zero attached hydrogens (tertiary/aromatic N) is 3. The summed E-state index contributed by atoms with van der Waals surface area (Å²) in [7, 11) is 0. The number of piperazine rings is 1. The van der Waals surface area contributed by atoms with Crippen LogP contribution in [0.4, 0.5) is 0 Å². The molecule has 0 N–H and O–H groups in total. The molecule has 22 heavy (non-hydrogen) atoms. The Morgan fingerprint density at radius 2 is 1.73 bits per heavy atom. The summed E-state index contributed by atoms with van der Waals surface area (Å²) < 4.78 is 0. The number of aryl methyl sites for hydroxylation is 1. The van der Waals surface area contributed by atoms with Gasteiger partial charge in [-0.25, -0.2) is 0 Å². The third kappa shape index (κ3) is 4.07. The molecule has 1 aromatic heterocycles. The van der Waals surface area contributed by atoms with Crippen LogP contribution < -0.4 is 0 Å². The molecule has 1 fully saturated rings. The summed E-state index contributed by atoms with van der Waals surface area (Å²) in [6, 6.07) is 12.4. The Morgan fingerprint density at radius 3 is 2.41 bits per heavy atom. The fraction of sp³-hybridized carbons (Fsp3) is 0.389. The standard InChI is InChI=1S/C18H22ClN3/c1-15-17(5-3-7-20-15)14-22-10-8-21(9-11-22)13-16-4-2-6-18(19)12-16/h2-7,12H,8-11,13-14H2,1H3. The van der Waals surface area contributed by atoms with Gasteiger partial charge < -0.3 is 0 Å². The van der Waals surface area contributed by atoms with E-state index in [-0.39, 0.29) is 0 Å². The lowest BCUT2D eigenvalue weighted by molar-refractivity contribution is 0.122. The average molecular weight is 316 g/mol. The van der Waals surface area contributed by atoms with E-state index in [1.807, 2.05) is 24.4 Å². The Labute approximate surface area is 137 Å². The normalized spacial score (nSPS) is 16.8. The number of hydrogen-bond acceptors (Lipinski definition) is 3.